The van der Waals surface area contributed by atoms with E-state index in [1.807, 2.05) is 0 Å². The molecule has 5 heteroatoms. The second-order valence-corrected chi connectivity index (χ2v) is 4.66. The summed E-state index contributed by atoms with van der Waals surface area (Å²) < 4.78 is 19.1. The number of carbonyl (C=O) groups excluding carboxylic acids is 1. The van der Waals surface area contributed by atoms with Gasteiger partial charge in [0.15, 0.2) is 11.6 Å². The van der Waals surface area contributed by atoms with Gasteiger partial charge in [0, 0.05) is 12.0 Å². The van der Waals surface area contributed by atoms with Gasteiger partial charge in [-0.1, -0.05) is 12.1 Å². The van der Waals surface area contributed by atoms with E-state index in [9.17, 15) is 9.18 Å². The number of amides is 1. The number of fused-ring (bicyclic) bond motifs is 1. The zero-order valence-electron chi connectivity index (χ0n) is 10.8. The molecule has 1 atom stereocenters. The second kappa shape index (κ2) is 6.52. The van der Waals surface area contributed by atoms with Gasteiger partial charge < -0.3 is 15.8 Å². The molecule has 19 heavy (non-hydrogen) atoms. The van der Waals surface area contributed by atoms with Crippen LogP contribution in [0.3, 0.4) is 0 Å². The van der Waals surface area contributed by atoms with Crippen LogP contribution >= 0.6 is 0 Å². The van der Waals surface area contributed by atoms with E-state index in [0.29, 0.717) is 26.0 Å². The Hall–Kier alpha value is -1.62. The van der Waals surface area contributed by atoms with Gasteiger partial charge in [0.1, 0.15) is 0 Å². The van der Waals surface area contributed by atoms with Crippen molar-refractivity contribution in [3.63, 3.8) is 0 Å². The average Bonchev–Trinajstić information content (AvgIpc) is 2.60. The number of benzene rings is 1. The minimum Gasteiger partial charge on any atom is -0.490 e. The summed E-state index contributed by atoms with van der Waals surface area (Å²) in [4.78, 5) is 11.8. The fraction of sp³-hybridized carbons (Fsp3) is 0.500. The molecule has 0 spiro atoms. The van der Waals surface area contributed by atoms with Crippen LogP contribution in [0, 0.1) is 5.82 Å². The lowest BCUT2D eigenvalue weighted by Crippen LogP contribution is -2.28. The van der Waals surface area contributed by atoms with Gasteiger partial charge >= 0.3 is 0 Å². The van der Waals surface area contributed by atoms with Gasteiger partial charge in [-0.05, 0) is 31.9 Å². The van der Waals surface area contributed by atoms with Crippen LogP contribution in [0.2, 0.25) is 0 Å². The summed E-state index contributed by atoms with van der Waals surface area (Å²) in [6.45, 7) is 0.968. The first-order valence-corrected chi connectivity index (χ1v) is 6.63. The summed E-state index contributed by atoms with van der Waals surface area (Å²) in [5.41, 5.74) is 6.10. The summed E-state index contributed by atoms with van der Waals surface area (Å²) in [5, 5.41) is 2.94. The van der Waals surface area contributed by atoms with Crippen molar-refractivity contribution in [3.05, 3.63) is 29.6 Å². The van der Waals surface area contributed by atoms with Crippen molar-refractivity contribution in [2.45, 2.75) is 31.7 Å². The van der Waals surface area contributed by atoms with Crippen molar-refractivity contribution in [2.24, 2.45) is 5.73 Å². The van der Waals surface area contributed by atoms with E-state index in [0.717, 1.165) is 18.4 Å². The molecule has 0 aliphatic carbocycles. The van der Waals surface area contributed by atoms with E-state index in [2.05, 4.69) is 5.32 Å². The quantitative estimate of drug-likeness (QED) is 0.874. The van der Waals surface area contributed by atoms with Gasteiger partial charge in [-0.2, -0.15) is 0 Å². The Morgan fingerprint density at radius 2 is 2.37 bits per heavy atom. The van der Waals surface area contributed by atoms with Gasteiger partial charge in [-0.15, -0.1) is 0 Å². The molecule has 1 aromatic rings. The predicted octanol–water partition coefficient (Wildman–Crippen LogP) is 1.89. The number of rotatable bonds is 4. The van der Waals surface area contributed by atoms with E-state index in [1.165, 1.54) is 6.07 Å². The number of hydrogen-bond donors (Lipinski definition) is 2. The highest BCUT2D eigenvalue weighted by molar-refractivity contribution is 5.76. The lowest BCUT2D eigenvalue weighted by Gasteiger charge is -2.18. The summed E-state index contributed by atoms with van der Waals surface area (Å²) in [5.74, 6) is -0.155. The number of nitrogens with one attached hydrogen (secondary N) is 1. The maximum Gasteiger partial charge on any atom is 0.220 e. The van der Waals surface area contributed by atoms with Crippen molar-refractivity contribution < 1.29 is 13.9 Å². The third-order valence-electron chi connectivity index (χ3n) is 3.20. The molecule has 0 radical (unpaired) electrons. The normalized spacial score (nSPS) is 18.1. The van der Waals surface area contributed by atoms with E-state index < -0.39 is 0 Å². The Morgan fingerprint density at radius 3 is 3.16 bits per heavy atom. The molecule has 0 bridgehead atoms. The lowest BCUT2D eigenvalue weighted by molar-refractivity contribution is -0.121. The van der Waals surface area contributed by atoms with Gasteiger partial charge in [0.25, 0.3) is 0 Å². The topological polar surface area (TPSA) is 64.4 Å². The van der Waals surface area contributed by atoms with E-state index in [1.54, 1.807) is 12.1 Å². The fourth-order valence-electron chi connectivity index (χ4n) is 2.25. The molecule has 0 saturated carbocycles. The standard InChI is InChI=1S/C14H19FN2O2/c15-11-5-1-4-10-12(6-3-9-19-14(10)11)17-13(18)7-2-8-16/h1,4-5,12H,2-3,6-9,16H2,(H,17,18). The van der Waals surface area contributed by atoms with Crippen molar-refractivity contribution in [2.75, 3.05) is 13.2 Å². The molecular formula is C14H19FN2O2. The number of halogens is 1. The third kappa shape index (κ3) is 3.44. The third-order valence-corrected chi connectivity index (χ3v) is 3.20. The van der Waals surface area contributed by atoms with Crippen LogP contribution in [0.4, 0.5) is 4.39 Å². The molecule has 104 valence electrons. The number of hydrogen-bond acceptors (Lipinski definition) is 3. The molecule has 3 N–H and O–H groups in total. The Kier molecular flexibility index (Phi) is 4.74. The van der Waals surface area contributed by atoms with Gasteiger partial charge in [-0.3, -0.25) is 4.79 Å². The molecule has 1 amide bonds. The summed E-state index contributed by atoms with van der Waals surface area (Å²) in [7, 11) is 0. The van der Waals surface area contributed by atoms with E-state index in [4.69, 9.17) is 10.5 Å². The molecule has 0 fully saturated rings. The zero-order valence-corrected chi connectivity index (χ0v) is 10.8. The number of para-hydroxylation sites is 1. The van der Waals surface area contributed by atoms with E-state index >= 15 is 0 Å². The lowest BCUT2D eigenvalue weighted by atomic mass is 10.0. The molecule has 1 aliphatic rings. The van der Waals surface area contributed by atoms with Crippen molar-refractivity contribution in [1.82, 2.24) is 5.32 Å². The number of ether oxygens (including phenoxy) is 1. The summed E-state index contributed by atoms with van der Waals surface area (Å²) in [6.07, 6.45) is 2.60. The Balaban J connectivity index is 2.13. The maximum atomic E-state index is 13.7. The monoisotopic (exact) mass is 266 g/mol. The van der Waals surface area contributed by atoms with Crippen molar-refractivity contribution >= 4 is 5.91 Å². The highest BCUT2D eigenvalue weighted by atomic mass is 19.1. The van der Waals surface area contributed by atoms with Crippen LogP contribution in [0.5, 0.6) is 5.75 Å². The number of carbonyl (C=O) groups is 1. The molecule has 1 heterocycles. The smallest absolute Gasteiger partial charge is 0.220 e. The Morgan fingerprint density at radius 1 is 1.53 bits per heavy atom. The molecule has 0 saturated heterocycles. The predicted molar refractivity (Wildman–Crippen MR) is 70.3 cm³/mol. The molecule has 1 aliphatic heterocycles. The molecule has 0 aromatic heterocycles. The first-order chi connectivity index (χ1) is 9.22. The van der Waals surface area contributed by atoms with Crippen LogP contribution < -0.4 is 15.8 Å². The highest BCUT2D eigenvalue weighted by Crippen LogP contribution is 2.33. The molecule has 1 unspecified atom stereocenters. The Labute approximate surface area is 112 Å². The van der Waals surface area contributed by atoms with Gasteiger partial charge in [-0.25, -0.2) is 4.39 Å². The summed E-state index contributed by atoms with van der Waals surface area (Å²) in [6, 6.07) is 4.63. The molecule has 1 aromatic carbocycles. The zero-order chi connectivity index (χ0) is 13.7. The molecular weight excluding hydrogens is 247 g/mol. The molecule has 2 rings (SSSR count). The van der Waals surface area contributed by atoms with Gasteiger partial charge in [0.2, 0.25) is 5.91 Å². The minimum absolute atomic E-state index is 0.0486. The van der Waals surface area contributed by atoms with Crippen molar-refractivity contribution in [1.29, 1.82) is 0 Å². The SMILES string of the molecule is NCCCC(=O)NC1CCCOc2c(F)cccc21. The average molecular weight is 266 g/mol. The first-order valence-electron chi connectivity index (χ1n) is 6.63. The van der Waals surface area contributed by atoms with Crippen molar-refractivity contribution in [3.8, 4) is 5.75 Å². The van der Waals surface area contributed by atoms with Crippen LogP contribution in [0.1, 0.15) is 37.3 Å². The first kappa shape index (κ1) is 13.8. The molecule has 4 nitrogen and oxygen atoms in total. The maximum absolute atomic E-state index is 13.7. The number of nitrogens with two attached hydrogens (primary N) is 1. The fourth-order valence-corrected chi connectivity index (χ4v) is 2.25. The largest absolute Gasteiger partial charge is 0.490 e. The Bertz CT molecular complexity index is 451. The van der Waals surface area contributed by atoms with E-state index in [-0.39, 0.29) is 23.5 Å². The minimum atomic E-state index is -0.374. The van der Waals surface area contributed by atoms with Crippen LogP contribution in [0.25, 0.3) is 0 Å². The van der Waals surface area contributed by atoms with Gasteiger partial charge in [0.05, 0.1) is 12.6 Å². The second-order valence-electron chi connectivity index (χ2n) is 4.66. The van der Waals surface area contributed by atoms with Crippen LogP contribution in [-0.2, 0) is 4.79 Å². The van der Waals surface area contributed by atoms with Crippen LogP contribution in [-0.4, -0.2) is 19.1 Å². The van der Waals surface area contributed by atoms with Crippen LogP contribution in [0.15, 0.2) is 18.2 Å². The highest BCUT2D eigenvalue weighted by Gasteiger charge is 2.23. The summed E-state index contributed by atoms with van der Waals surface area (Å²) >= 11 is 0.